The first-order valence-corrected chi connectivity index (χ1v) is 7.95. The zero-order chi connectivity index (χ0) is 17.0. The number of hydrogen-bond donors (Lipinski definition) is 1. The lowest BCUT2D eigenvalue weighted by molar-refractivity contribution is 0.677. The topological polar surface area (TPSA) is 93.8 Å². The number of aromatic nitrogens is 7. The Balaban J connectivity index is 1.94. The monoisotopic (exact) mass is 331 g/mol. The maximum Gasteiger partial charge on any atom is 0.261 e. The van der Waals surface area contributed by atoms with Gasteiger partial charge in [-0.2, -0.15) is 14.6 Å². The van der Waals surface area contributed by atoms with E-state index in [-0.39, 0.29) is 5.56 Å². The van der Waals surface area contributed by atoms with Gasteiger partial charge in [-0.3, -0.25) is 9.78 Å². The molecule has 0 aliphatic rings. The lowest BCUT2D eigenvalue weighted by Gasteiger charge is -2.02. The predicted octanol–water partition coefficient (Wildman–Crippen LogP) is 2.00. The normalized spacial score (nSPS) is 11.7. The third-order valence-electron chi connectivity index (χ3n) is 4.26. The van der Waals surface area contributed by atoms with Crippen LogP contribution in [0.4, 0.5) is 0 Å². The van der Waals surface area contributed by atoms with Crippen LogP contribution in [-0.4, -0.2) is 34.3 Å². The van der Waals surface area contributed by atoms with Crippen LogP contribution < -0.4 is 5.56 Å². The second-order valence-corrected chi connectivity index (χ2v) is 5.71. The summed E-state index contributed by atoms with van der Waals surface area (Å²) in [6, 6.07) is 9.65. The van der Waals surface area contributed by atoms with E-state index in [9.17, 15) is 4.79 Å². The summed E-state index contributed by atoms with van der Waals surface area (Å²) in [6.45, 7) is 2.69. The Kier molecular flexibility index (Phi) is 2.75. The van der Waals surface area contributed by atoms with Crippen molar-refractivity contribution in [3.8, 4) is 11.4 Å². The Labute approximate surface area is 140 Å². The molecule has 8 heteroatoms. The number of pyridine rings is 1. The van der Waals surface area contributed by atoms with E-state index >= 15 is 0 Å². The van der Waals surface area contributed by atoms with Gasteiger partial charge in [-0.25, -0.2) is 9.67 Å². The molecule has 0 atom stereocenters. The van der Waals surface area contributed by atoms with Gasteiger partial charge in [0.25, 0.3) is 5.56 Å². The average Bonchev–Trinajstić information content (AvgIpc) is 3.25. The van der Waals surface area contributed by atoms with Crippen molar-refractivity contribution in [2.75, 3.05) is 0 Å². The Hall–Kier alpha value is -3.55. The highest BCUT2D eigenvalue weighted by Gasteiger charge is 2.16. The van der Waals surface area contributed by atoms with E-state index in [1.807, 2.05) is 37.3 Å². The Morgan fingerprint density at radius 1 is 1.12 bits per heavy atom. The summed E-state index contributed by atoms with van der Waals surface area (Å²) >= 11 is 0. The van der Waals surface area contributed by atoms with E-state index in [2.05, 4.69) is 25.1 Å². The molecule has 4 heterocycles. The Morgan fingerprint density at radius 2 is 1.96 bits per heavy atom. The van der Waals surface area contributed by atoms with Gasteiger partial charge in [0.1, 0.15) is 0 Å². The maximum atomic E-state index is 12.5. The maximum absolute atomic E-state index is 12.5. The van der Waals surface area contributed by atoms with E-state index in [1.165, 1.54) is 0 Å². The SMILES string of the molecule is CCn1ncc2c1ncc1c(=O)[nH]c3nc(-c4ccccc4)nn3c12. The molecule has 0 saturated carbocycles. The summed E-state index contributed by atoms with van der Waals surface area (Å²) in [5, 5.41) is 10.2. The molecular formula is C17H13N7O. The zero-order valence-electron chi connectivity index (χ0n) is 13.3. The van der Waals surface area contributed by atoms with Gasteiger partial charge in [-0.05, 0) is 6.92 Å². The van der Waals surface area contributed by atoms with Crippen LogP contribution in [0.15, 0.2) is 47.5 Å². The lowest BCUT2D eigenvalue weighted by Crippen LogP contribution is -2.11. The smallest absolute Gasteiger partial charge is 0.261 e. The van der Waals surface area contributed by atoms with E-state index in [1.54, 1.807) is 21.6 Å². The highest BCUT2D eigenvalue weighted by Crippen LogP contribution is 2.23. The Bertz CT molecular complexity index is 1300. The van der Waals surface area contributed by atoms with Crippen molar-refractivity contribution in [1.29, 1.82) is 0 Å². The first-order valence-electron chi connectivity index (χ1n) is 7.95. The van der Waals surface area contributed by atoms with Crippen LogP contribution in [0.1, 0.15) is 6.92 Å². The van der Waals surface area contributed by atoms with Crippen LogP contribution in [0.3, 0.4) is 0 Å². The van der Waals surface area contributed by atoms with Gasteiger partial charge < -0.3 is 0 Å². The second kappa shape index (κ2) is 4.97. The van der Waals surface area contributed by atoms with E-state index in [4.69, 9.17) is 0 Å². The van der Waals surface area contributed by atoms with Crippen molar-refractivity contribution in [3.05, 3.63) is 53.1 Å². The number of hydrogen-bond acceptors (Lipinski definition) is 5. The van der Waals surface area contributed by atoms with Crippen molar-refractivity contribution in [3.63, 3.8) is 0 Å². The van der Waals surface area contributed by atoms with E-state index in [0.29, 0.717) is 29.0 Å². The number of nitrogens with zero attached hydrogens (tertiary/aromatic N) is 6. The molecule has 0 aliphatic carbocycles. The van der Waals surface area contributed by atoms with Gasteiger partial charge in [-0.15, -0.1) is 5.10 Å². The molecule has 1 aromatic carbocycles. The number of nitrogens with one attached hydrogen (secondary N) is 1. The summed E-state index contributed by atoms with van der Waals surface area (Å²) in [5.74, 6) is 0.949. The molecule has 0 amide bonds. The summed E-state index contributed by atoms with van der Waals surface area (Å²) in [7, 11) is 0. The quantitative estimate of drug-likeness (QED) is 0.534. The molecule has 4 aromatic heterocycles. The Morgan fingerprint density at radius 3 is 2.76 bits per heavy atom. The molecule has 0 unspecified atom stereocenters. The van der Waals surface area contributed by atoms with Gasteiger partial charge >= 0.3 is 0 Å². The first kappa shape index (κ1) is 13.8. The number of fused-ring (bicyclic) bond motifs is 5. The molecule has 0 fully saturated rings. The van der Waals surface area contributed by atoms with Crippen molar-refractivity contribution in [2.24, 2.45) is 0 Å². The van der Waals surface area contributed by atoms with E-state index < -0.39 is 0 Å². The first-order chi connectivity index (χ1) is 12.3. The molecule has 0 radical (unpaired) electrons. The predicted molar refractivity (Wildman–Crippen MR) is 93.3 cm³/mol. The minimum atomic E-state index is -0.242. The van der Waals surface area contributed by atoms with Crippen LogP contribution >= 0.6 is 0 Å². The largest absolute Gasteiger partial charge is 0.290 e. The molecule has 8 nitrogen and oxygen atoms in total. The summed E-state index contributed by atoms with van der Waals surface area (Å²) in [4.78, 5) is 24.1. The summed E-state index contributed by atoms with van der Waals surface area (Å²) in [6.07, 6.45) is 3.28. The minimum absolute atomic E-state index is 0.242. The molecule has 122 valence electrons. The number of rotatable bonds is 2. The lowest BCUT2D eigenvalue weighted by atomic mass is 10.2. The molecule has 0 saturated heterocycles. The molecule has 25 heavy (non-hydrogen) atoms. The highest BCUT2D eigenvalue weighted by atomic mass is 16.1. The van der Waals surface area contributed by atoms with Gasteiger partial charge in [0.2, 0.25) is 5.78 Å². The van der Waals surface area contributed by atoms with Gasteiger partial charge in [0.05, 0.1) is 22.5 Å². The minimum Gasteiger partial charge on any atom is -0.290 e. The van der Waals surface area contributed by atoms with Crippen LogP contribution in [-0.2, 0) is 6.54 Å². The molecule has 1 N–H and O–H groups in total. The fraction of sp³-hybridized carbons (Fsp3) is 0.118. The standard InChI is InChI=1S/C17H13N7O/c1-2-23-15-11(9-19-23)13-12(8-18-15)16(25)21-17-20-14(22-24(13)17)10-6-4-3-5-7-10/h3-9H,2H2,1H3,(H,20,21,22,25). The highest BCUT2D eigenvalue weighted by molar-refractivity contribution is 6.02. The number of H-pyrrole nitrogens is 1. The van der Waals surface area contributed by atoms with Crippen LogP contribution in [0.5, 0.6) is 0 Å². The second-order valence-electron chi connectivity index (χ2n) is 5.71. The third kappa shape index (κ3) is 1.90. The van der Waals surface area contributed by atoms with Crippen LogP contribution in [0, 0.1) is 0 Å². The molecule has 0 bridgehead atoms. The summed E-state index contributed by atoms with van der Waals surface area (Å²) < 4.78 is 3.45. The fourth-order valence-corrected chi connectivity index (χ4v) is 3.07. The number of benzene rings is 1. The molecule has 0 aliphatic heterocycles. The number of aryl methyl sites for hydroxylation is 1. The molecule has 5 aromatic rings. The average molecular weight is 331 g/mol. The van der Waals surface area contributed by atoms with Crippen molar-refractivity contribution in [1.82, 2.24) is 34.3 Å². The molecular weight excluding hydrogens is 318 g/mol. The molecule has 5 rings (SSSR count). The fourth-order valence-electron chi connectivity index (χ4n) is 3.07. The third-order valence-corrected chi connectivity index (χ3v) is 4.26. The number of aromatic amines is 1. The van der Waals surface area contributed by atoms with Gasteiger partial charge in [-0.1, -0.05) is 30.3 Å². The van der Waals surface area contributed by atoms with Gasteiger partial charge in [0, 0.05) is 18.3 Å². The zero-order valence-corrected chi connectivity index (χ0v) is 13.3. The van der Waals surface area contributed by atoms with Crippen LogP contribution in [0.25, 0.3) is 39.1 Å². The van der Waals surface area contributed by atoms with Crippen molar-refractivity contribution in [2.45, 2.75) is 13.5 Å². The van der Waals surface area contributed by atoms with Gasteiger partial charge in [0.15, 0.2) is 11.5 Å². The summed E-state index contributed by atoms with van der Waals surface area (Å²) in [5.41, 5.74) is 2.03. The molecule has 0 spiro atoms. The van der Waals surface area contributed by atoms with Crippen molar-refractivity contribution < 1.29 is 0 Å². The van der Waals surface area contributed by atoms with E-state index in [0.717, 1.165) is 16.6 Å². The van der Waals surface area contributed by atoms with Crippen LogP contribution in [0.2, 0.25) is 0 Å². The van der Waals surface area contributed by atoms with Crippen molar-refractivity contribution >= 4 is 27.7 Å².